The zero-order chi connectivity index (χ0) is 12.0. The van der Waals surface area contributed by atoms with Crippen LogP contribution in [0, 0.1) is 0 Å². The first-order valence-corrected chi connectivity index (χ1v) is 5.43. The summed E-state index contributed by atoms with van der Waals surface area (Å²) < 4.78 is 2.05. The van der Waals surface area contributed by atoms with Crippen molar-refractivity contribution in [2.45, 2.75) is 0 Å². The number of nitrogens with zero attached hydrogens (tertiary/aromatic N) is 5. The summed E-state index contributed by atoms with van der Waals surface area (Å²) in [5.74, 6) is 0.628. The lowest BCUT2D eigenvalue weighted by Crippen LogP contribution is -2.13. The van der Waals surface area contributed by atoms with Gasteiger partial charge in [0, 0.05) is 26.5 Å². The smallest absolute Gasteiger partial charge is 0.246 e. The lowest BCUT2D eigenvalue weighted by Gasteiger charge is -2.08. The molecule has 0 atom stereocenters. The molecule has 86 valence electrons. The minimum Gasteiger partial charge on any atom is -0.346 e. The molecule has 17 heavy (non-hydrogen) atoms. The average molecular weight is 227 g/mol. The fourth-order valence-corrected chi connectivity index (χ4v) is 1.99. The molecule has 0 aliphatic carbocycles. The molecule has 0 aliphatic rings. The van der Waals surface area contributed by atoms with Crippen LogP contribution in [0.2, 0.25) is 0 Å². The van der Waals surface area contributed by atoms with Gasteiger partial charge in [-0.1, -0.05) is 18.2 Å². The molecule has 0 saturated heterocycles. The molecule has 0 spiro atoms. The van der Waals surface area contributed by atoms with Crippen molar-refractivity contribution in [1.29, 1.82) is 0 Å². The molecule has 5 nitrogen and oxygen atoms in total. The Bertz CT molecular complexity index is 699. The molecule has 0 radical (unpaired) electrons. The summed E-state index contributed by atoms with van der Waals surface area (Å²) in [6, 6.07) is 8.13. The lowest BCUT2D eigenvalue weighted by atomic mass is 10.2. The van der Waals surface area contributed by atoms with Crippen molar-refractivity contribution < 1.29 is 0 Å². The molecule has 1 aromatic carbocycles. The molecule has 5 heteroatoms. The molecule has 2 heterocycles. The van der Waals surface area contributed by atoms with Crippen LogP contribution in [0.4, 0.5) is 5.95 Å². The summed E-state index contributed by atoms with van der Waals surface area (Å²) in [6.07, 6.45) is 0. The van der Waals surface area contributed by atoms with E-state index < -0.39 is 0 Å². The van der Waals surface area contributed by atoms with Crippen LogP contribution in [-0.2, 0) is 7.05 Å². The zero-order valence-corrected chi connectivity index (χ0v) is 10.0. The molecule has 0 fully saturated rings. The Kier molecular flexibility index (Phi) is 2.01. The Hall–Kier alpha value is -2.17. The van der Waals surface area contributed by atoms with E-state index in [2.05, 4.69) is 21.2 Å². The summed E-state index contributed by atoms with van der Waals surface area (Å²) in [7, 11) is 5.82. The maximum Gasteiger partial charge on any atom is 0.246 e. The molecule has 0 saturated carbocycles. The second kappa shape index (κ2) is 3.41. The van der Waals surface area contributed by atoms with Crippen LogP contribution in [0.1, 0.15) is 0 Å². The fourth-order valence-electron chi connectivity index (χ4n) is 1.99. The van der Waals surface area contributed by atoms with Crippen LogP contribution < -0.4 is 4.90 Å². The van der Waals surface area contributed by atoms with E-state index in [9.17, 15) is 0 Å². The molecule has 3 rings (SSSR count). The number of benzene rings is 1. The molecule has 0 bridgehead atoms. The topological polar surface area (TPSA) is 46.8 Å². The lowest BCUT2D eigenvalue weighted by molar-refractivity contribution is 0.911. The molecular formula is C12H13N5. The third kappa shape index (κ3) is 1.35. The summed E-state index contributed by atoms with van der Waals surface area (Å²) in [4.78, 5) is 6.38. The summed E-state index contributed by atoms with van der Waals surface area (Å²) in [6.45, 7) is 0. The quantitative estimate of drug-likeness (QED) is 0.633. The Morgan fingerprint density at radius 3 is 2.65 bits per heavy atom. The van der Waals surface area contributed by atoms with E-state index in [1.54, 1.807) is 0 Å². The number of aryl methyl sites for hydroxylation is 1. The molecule has 0 amide bonds. The van der Waals surface area contributed by atoms with Gasteiger partial charge in [-0.2, -0.15) is 4.98 Å². The van der Waals surface area contributed by atoms with E-state index in [0.29, 0.717) is 5.95 Å². The summed E-state index contributed by atoms with van der Waals surface area (Å²) in [5, 5.41) is 9.49. The van der Waals surface area contributed by atoms with E-state index in [4.69, 9.17) is 0 Å². The van der Waals surface area contributed by atoms with Crippen LogP contribution >= 0.6 is 0 Å². The number of anilines is 1. The van der Waals surface area contributed by atoms with E-state index in [-0.39, 0.29) is 0 Å². The Morgan fingerprint density at radius 2 is 1.88 bits per heavy atom. The predicted molar refractivity (Wildman–Crippen MR) is 68.1 cm³/mol. The maximum atomic E-state index is 4.53. The normalized spacial score (nSPS) is 11.2. The molecular weight excluding hydrogens is 214 g/mol. The van der Waals surface area contributed by atoms with Gasteiger partial charge in [0.15, 0.2) is 5.65 Å². The third-order valence-corrected chi connectivity index (χ3v) is 2.90. The van der Waals surface area contributed by atoms with Gasteiger partial charge in [-0.05, 0) is 6.07 Å². The first-order chi connectivity index (χ1) is 8.18. The maximum absolute atomic E-state index is 4.53. The van der Waals surface area contributed by atoms with Crippen molar-refractivity contribution in [3.63, 3.8) is 0 Å². The van der Waals surface area contributed by atoms with Gasteiger partial charge in [-0.15, -0.1) is 10.2 Å². The van der Waals surface area contributed by atoms with Crippen LogP contribution in [-0.4, -0.2) is 33.8 Å². The number of para-hydroxylation sites is 1. The standard InChI is InChI=1S/C12H13N5/c1-16(2)12-13-11-10(14-15-12)8-6-4-5-7-9(8)17(11)3/h4-7H,1-3H3. The zero-order valence-electron chi connectivity index (χ0n) is 10.0. The van der Waals surface area contributed by atoms with Gasteiger partial charge < -0.3 is 9.47 Å². The van der Waals surface area contributed by atoms with Gasteiger partial charge in [0.2, 0.25) is 5.95 Å². The molecule has 0 aliphatic heterocycles. The van der Waals surface area contributed by atoms with E-state index in [1.807, 2.05) is 48.8 Å². The van der Waals surface area contributed by atoms with Gasteiger partial charge in [0.25, 0.3) is 0 Å². The Balaban J connectivity index is 2.45. The van der Waals surface area contributed by atoms with Crippen LogP contribution in [0.15, 0.2) is 24.3 Å². The fraction of sp³-hybridized carbons (Fsp3) is 0.250. The number of hydrogen-bond donors (Lipinski definition) is 0. The second-order valence-corrected chi connectivity index (χ2v) is 4.25. The van der Waals surface area contributed by atoms with Crippen molar-refractivity contribution in [3.8, 4) is 0 Å². The van der Waals surface area contributed by atoms with E-state index in [1.165, 1.54) is 0 Å². The van der Waals surface area contributed by atoms with Crippen molar-refractivity contribution in [2.75, 3.05) is 19.0 Å². The largest absolute Gasteiger partial charge is 0.346 e. The second-order valence-electron chi connectivity index (χ2n) is 4.25. The third-order valence-electron chi connectivity index (χ3n) is 2.90. The summed E-state index contributed by atoms with van der Waals surface area (Å²) >= 11 is 0. The van der Waals surface area contributed by atoms with Gasteiger partial charge in [-0.25, -0.2) is 0 Å². The first-order valence-electron chi connectivity index (χ1n) is 5.43. The number of rotatable bonds is 1. The minimum absolute atomic E-state index is 0.628. The average Bonchev–Trinajstić information content (AvgIpc) is 2.64. The van der Waals surface area contributed by atoms with E-state index in [0.717, 1.165) is 22.1 Å². The van der Waals surface area contributed by atoms with Crippen molar-refractivity contribution >= 4 is 28.0 Å². The highest BCUT2D eigenvalue weighted by atomic mass is 15.3. The number of hydrogen-bond acceptors (Lipinski definition) is 4. The highest BCUT2D eigenvalue weighted by molar-refractivity contribution is 6.04. The highest BCUT2D eigenvalue weighted by Crippen LogP contribution is 2.24. The highest BCUT2D eigenvalue weighted by Gasteiger charge is 2.12. The Morgan fingerprint density at radius 1 is 1.12 bits per heavy atom. The number of fused-ring (bicyclic) bond motifs is 3. The number of aromatic nitrogens is 4. The molecule has 2 aromatic heterocycles. The minimum atomic E-state index is 0.628. The van der Waals surface area contributed by atoms with Gasteiger partial charge in [0.1, 0.15) is 5.52 Å². The van der Waals surface area contributed by atoms with Crippen molar-refractivity contribution in [1.82, 2.24) is 19.7 Å². The SMILES string of the molecule is CN(C)c1nnc2c3ccccc3n(C)c2n1. The van der Waals surface area contributed by atoms with Gasteiger partial charge in [-0.3, -0.25) is 0 Å². The summed E-state index contributed by atoms with van der Waals surface area (Å²) in [5.41, 5.74) is 2.85. The van der Waals surface area contributed by atoms with Crippen LogP contribution in [0.25, 0.3) is 22.1 Å². The van der Waals surface area contributed by atoms with Crippen LogP contribution in [0.3, 0.4) is 0 Å². The van der Waals surface area contributed by atoms with Crippen molar-refractivity contribution in [3.05, 3.63) is 24.3 Å². The Labute approximate surface area is 98.7 Å². The van der Waals surface area contributed by atoms with Gasteiger partial charge in [0.05, 0.1) is 5.52 Å². The monoisotopic (exact) mass is 227 g/mol. The molecule has 3 aromatic rings. The molecule has 0 N–H and O–H groups in total. The van der Waals surface area contributed by atoms with Crippen LogP contribution in [0.5, 0.6) is 0 Å². The first kappa shape index (κ1) is 10.0. The predicted octanol–water partition coefficient (Wildman–Crippen LogP) is 1.58. The van der Waals surface area contributed by atoms with Crippen molar-refractivity contribution in [2.24, 2.45) is 7.05 Å². The van der Waals surface area contributed by atoms with E-state index >= 15 is 0 Å². The van der Waals surface area contributed by atoms with Gasteiger partial charge >= 0.3 is 0 Å². The molecule has 0 unspecified atom stereocenters.